The topological polar surface area (TPSA) is 77.0 Å². The number of benzene rings is 1. The van der Waals surface area contributed by atoms with Crippen LogP contribution in [0, 0.1) is 11.7 Å². The first-order valence-corrected chi connectivity index (χ1v) is 10.2. The molecule has 1 saturated heterocycles. The van der Waals surface area contributed by atoms with E-state index < -0.39 is 0 Å². The lowest BCUT2D eigenvalue weighted by Gasteiger charge is -2.33. The number of carbonyl (C=O) groups is 1. The van der Waals surface area contributed by atoms with Gasteiger partial charge in [-0.2, -0.15) is 0 Å². The molecular weight excluding hydrogens is 413 g/mol. The van der Waals surface area contributed by atoms with Crippen LogP contribution in [0.2, 0.25) is 0 Å². The molecule has 0 bridgehead atoms. The quantitative estimate of drug-likeness (QED) is 0.676. The summed E-state index contributed by atoms with van der Waals surface area (Å²) in [6, 6.07) is 10.1. The molecule has 1 atom stereocenters. The Kier molecular flexibility index (Phi) is 6.66. The zero-order valence-electron chi connectivity index (χ0n) is 16.0. The molecule has 9 heteroatoms. The van der Waals surface area contributed by atoms with Crippen molar-refractivity contribution < 1.29 is 9.18 Å². The molecule has 3 heterocycles. The van der Waals surface area contributed by atoms with E-state index in [1.807, 2.05) is 24.4 Å². The van der Waals surface area contributed by atoms with E-state index in [1.54, 1.807) is 17.0 Å². The molecule has 4 rings (SSSR count). The van der Waals surface area contributed by atoms with E-state index in [0.717, 1.165) is 17.7 Å². The van der Waals surface area contributed by atoms with Gasteiger partial charge in [-0.25, -0.2) is 14.1 Å². The second kappa shape index (κ2) is 9.02. The third-order valence-electron chi connectivity index (χ3n) is 5.16. The van der Waals surface area contributed by atoms with Crippen molar-refractivity contribution in [3.05, 3.63) is 53.4 Å². The second-order valence-corrected chi connectivity index (χ2v) is 8.06. The molecule has 1 fully saturated rings. The highest BCUT2D eigenvalue weighted by Gasteiger charge is 2.28. The predicted molar refractivity (Wildman–Crippen MR) is 114 cm³/mol. The summed E-state index contributed by atoms with van der Waals surface area (Å²) in [6.45, 7) is 3.30. The fourth-order valence-corrected chi connectivity index (χ4v) is 4.22. The fraction of sp³-hybridized carbons (Fsp3) is 0.350. The highest BCUT2D eigenvalue weighted by Crippen LogP contribution is 2.27. The molecule has 0 radical (unpaired) electrons. The van der Waals surface area contributed by atoms with Gasteiger partial charge in [-0.1, -0.05) is 12.1 Å². The van der Waals surface area contributed by atoms with Crippen molar-refractivity contribution in [3.63, 3.8) is 0 Å². The average Bonchev–Trinajstić information content (AvgIpc) is 3.37. The first-order chi connectivity index (χ1) is 13.5. The molecule has 0 spiro atoms. The lowest BCUT2D eigenvalue weighted by molar-refractivity contribution is 0.0669. The Balaban J connectivity index is 0.00000240. The Hall–Kier alpha value is -2.29. The number of thiophene rings is 1. The molecule has 29 heavy (non-hydrogen) atoms. The van der Waals surface area contributed by atoms with Crippen molar-refractivity contribution in [1.29, 1.82) is 0 Å². The molecule has 1 amide bonds. The summed E-state index contributed by atoms with van der Waals surface area (Å²) in [5.41, 5.74) is 6.53. The normalized spacial score (nSPS) is 15.8. The van der Waals surface area contributed by atoms with Crippen LogP contribution in [0.1, 0.15) is 30.4 Å². The molecular formula is C20H23ClFN5OS. The first-order valence-electron chi connectivity index (χ1n) is 9.34. The van der Waals surface area contributed by atoms with Crippen LogP contribution in [0.4, 0.5) is 4.39 Å². The smallest absolute Gasteiger partial charge is 0.293 e. The van der Waals surface area contributed by atoms with Gasteiger partial charge in [0.1, 0.15) is 5.82 Å². The van der Waals surface area contributed by atoms with Gasteiger partial charge in [0.15, 0.2) is 5.82 Å². The number of halogens is 2. The van der Waals surface area contributed by atoms with E-state index in [-0.39, 0.29) is 36.0 Å². The third kappa shape index (κ3) is 4.49. The number of piperidine rings is 1. The van der Waals surface area contributed by atoms with Crippen LogP contribution in [-0.4, -0.2) is 44.7 Å². The Morgan fingerprint density at radius 2 is 2.03 bits per heavy atom. The van der Waals surface area contributed by atoms with E-state index in [2.05, 4.69) is 10.1 Å². The average molecular weight is 436 g/mol. The number of amides is 1. The van der Waals surface area contributed by atoms with Gasteiger partial charge < -0.3 is 10.6 Å². The van der Waals surface area contributed by atoms with Crippen LogP contribution in [0.25, 0.3) is 16.4 Å². The summed E-state index contributed by atoms with van der Waals surface area (Å²) in [6.07, 6.45) is 1.76. The van der Waals surface area contributed by atoms with Gasteiger partial charge >= 0.3 is 0 Å². The fourth-order valence-electron chi connectivity index (χ4n) is 3.53. The molecule has 2 aromatic heterocycles. The van der Waals surface area contributed by atoms with E-state index in [1.165, 1.54) is 28.2 Å². The third-order valence-corrected chi connectivity index (χ3v) is 6.03. The number of aromatic nitrogens is 3. The van der Waals surface area contributed by atoms with E-state index in [0.29, 0.717) is 30.5 Å². The zero-order chi connectivity index (χ0) is 19.7. The number of hydrogen-bond donors (Lipinski definition) is 1. The Morgan fingerprint density at radius 1 is 1.28 bits per heavy atom. The summed E-state index contributed by atoms with van der Waals surface area (Å²) in [7, 11) is 0. The lowest BCUT2D eigenvalue weighted by Crippen LogP contribution is -2.42. The Bertz CT molecular complexity index is 967. The SMILES string of the molecule is CC(N)C1CCN(C(=O)c2nc(-c3cccs3)n(-c3cccc(F)c3)n2)CC1.Cl. The molecule has 0 aliphatic carbocycles. The number of hydrogen-bond acceptors (Lipinski definition) is 5. The summed E-state index contributed by atoms with van der Waals surface area (Å²) in [5.74, 6) is 0.539. The maximum atomic E-state index is 13.7. The van der Waals surface area contributed by atoms with Crippen molar-refractivity contribution in [1.82, 2.24) is 19.7 Å². The summed E-state index contributed by atoms with van der Waals surface area (Å²) >= 11 is 1.50. The standard InChI is InChI=1S/C20H22FN5OS.ClH/c1-13(22)14-7-9-25(10-8-14)20(27)18-23-19(17-6-3-11-28-17)26(24-18)16-5-2-4-15(21)12-16;/h2-6,11-14H,7-10,22H2,1H3;1H. The van der Waals surface area contributed by atoms with Crippen LogP contribution in [0.5, 0.6) is 0 Å². The van der Waals surface area contributed by atoms with Crippen LogP contribution < -0.4 is 5.73 Å². The number of nitrogens with two attached hydrogens (primary N) is 1. The molecule has 2 N–H and O–H groups in total. The van der Waals surface area contributed by atoms with Gasteiger partial charge in [-0.15, -0.1) is 28.8 Å². The molecule has 1 aliphatic heterocycles. The lowest BCUT2D eigenvalue weighted by atomic mass is 9.91. The molecule has 3 aromatic rings. The number of rotatable bonds is 4. The van der Waals surface area contributed by atoms with Gasteiger partial charge in [0.2, 0.25) is 5.82 Å². The highest BCUT2D eigenvalue weighted by atomic mass is 35.5. The minimum absolute atomic E-state index is 0. The second-order valence-electron chi connectivity index (χ2n) is 7.12. The van der Waals surface area contributed by atoms with Crippen LogP contribution in [-0.2, 0) is 0 Å². The van der Waals surface area contributed by atoms with E-state index in [4.69, 9.17) is 5.73 Å². The van der Waals surface area contributed by atoms with Crippen LogP contribution in [0.15, 0.2) is 41.8 Å². The molecule has 1 aliphatic rings. The summed E-state index contributed by atoms with van der Waals surface area (Å²) in [5, 5.41) is 6.37. The van der Waals surface area contributed by atoms with Gasteiger partial charge in [0.05, 0.1) is 10.6 Å². The van der Waals surface area contributed by atoms with Gasteiger partial charge in [0, 0.05) is 19.1 Å². The maximum Gasteiger partial charge on any atom is 0.293 e. The summed E-state index contributed by atoms with van der Waals surface area (Å²) < 4.78 is 15.3. The van der Waals surface area contributed by atoms with Crippen molar-refractivity contribution in [2.45, 2.75) is 25.8 Å². The largest absolute Gasteiger partial charge is 0.336 e. The van der Waals surface area contributed by atoms with Gasteiger partial charge in [-0.3, -0.25) is 4.79 Å². The van der Waals surface area contributed by atoms with Crippen molar-refractivity contribution >= 4 is 29.7 Å². The minimum atomic E-state index is -0.365. The zero-order valence-corrected chi connectivity index (χ0v) is 17.6. The monoisotopic (exact) mass is 435 g/mol. The van der Waals surface area contributed by atoms with Crippen molar-refractivity contribution in [3.8, 4) is 16.4 Å². The Morgan fingerprint density at radius 3 is 2.66 bits per heavy atom. The number of likely N-dealkylation sites (tertiary alicyclic amines) is 1. The predicted octanol–water partition coefficient (Wildman–Crippen LogP) is 3.76. The first kappa shape index (κ1) is 21.4. The van der Waals surface area contributed by atoms with Gasteiger partial charge in [-0.05, 0) is 55.3 Å². The Labute approximate surface area is 179 Å². The highest BCUT2D eigenvalue weighted by molar-refractivity contribution is 7.13. The molecule has 6 nitrogen and oxygen atoms in total. The van der Waals surface area contributed by atoms with E-state index in [9.17, 15) is 9.18 Å². The number of nitrogens with zero attached hydrogens (tertiary/aromatic N) is 4. The minimum Gasteiger partial charge on any atom is -0.336 e. The number of carbonyl (C=O) groups excluding carboxylic acids is 1. The van der Waals surface area contributed by atoms with E-state index >= 15 is 0 Å². The molecule has 1 unspecified atom stereocenters. The molecule has 0 saturated carbocycles. The summed E-state index contributed by atoms with van der Waals surface area (Å²) in [4.78, 5) is 20.2. The van der Waals surface area contributed by atoms with Crippen molar-refractivity contribution in [2.75, 3.05) is 13.1 Å². The molecule has 154 valence electrons. The van der Waals surface area contributed by atoms with Crippen molar-refractivity contribution in [2.24, 2.45) is 11.7 Å². The van der Waals surface area contributed by atoms with Crippen LogP contribution >= 0.6 is 23.7 Å². The maximum absolute atomic E-state index is 13.7. The molecule has 1 aromatic carbocycles. The van der Waals surface area contributed by atoms with Gasteiger partial charge in [0.25, 0.3) is 5.91 Å². The van der Waals surface area contributed by atoms with Crippen LogP contribution in [0.3, 0.4) is 0 Å².